The Morgan fingerprint density at radius 1 is 0.676 bits per heavy atom. The zero-order valence-corrected chi connectivity index (χ0v) is 21.9. The zero-order chi connectivity index (χ0) is 25.5. The Bertz CT molecular complexity index is 1560. The maximum Gasteiger partial charge on any atom is 0.211 e. The van der Waals surface area contributed by atoms with Gasteiger partial charge >= 0.3 is 0 Å². The third-order valence-corrected chi connectivity index (χ3v) is 7.13. The first kappa shape index (κ1) is 23.1. The van der Waals surface area contributed by atoms with Crippen LogP contribution in [0.4, 0.5) is 17.1 Å². The molecule has 0 saturated carbocycles. The molecule has 1 aliphatic rings. The summed E-state index contributed by atoms with van der Waals surface area (Å²) in [5.74, 6) is 1.65. The Kier molecular flexibility index (Phi) is 5.81. The highest BCUT2D eigenvalue weighted by molar-refractivity contribution is 9.10. The standard InChI is InChI=1S/C31H23BrN2O3/c1-36-26-12-8-24(9-13-26)34(25-10-14-27(37-2)15-11-25)23-6-3-20(4-7-23)21-17-30-31(35)28-18-22(32)5-16-29(28)33(30)19-21/h3-19H,1-2H3. The van der Waals surface area contributed by atoms with Crippen LogP contribution in [0.1, 0.15) is 16.1 Å². The molecule has 0 bridgehead atoms. The van der Waals surface area contributed by atoms with Crippen molar-refractivity contribution in [2.45, 2.75) is 0 Å². The molecule has 0 spiro atoms. The van der Waals surface area contributed by atoms with Gasteiger partial charge in [0.05, 0.1) is 25.6 Å². The van der Waals surface area contributed by atoms with E-state index in [1.807, 2.05) is 83.6 Å². The average Bonchev–Trinajstić information content (AvgIpc) is 3.48. The number of hydrogen-bond acceptors (Lipinski definition) is 4. The van der Waals surface area contributed by atoms with Crippen molar-refractivity contribution in [3.05, 3.63) is 119 Å². The Hall–Kier alpha value is -4.29. The molecule has 0 aliphatic carbocycles. The quantitative estimate of drug-likeness (QED) is 0.211. The number of methoxy groups -OCH3 is 2. The maximum absolute atomic E-state index is 13.0. The van der Waals surface area contributed by atoms with Crippen LogP contribution < -0.4 is 14.4 Å². The first-order valence-electron chi connectivity index (χ1n) is 11.8. The number of carbonyl (C=O) groups excluding carboxylic acids is 1. The lowest BCUT2D eigenvalue weighted by Gasteiger charge is -2.26. The number of hydrogen-bond donors (Lipinski definition) is 0. The Labute approximate surface area is 223 Å². The predicted molar refractivity (Wildman–Crippen MR) is 150 cm³/mol. The molecule has 6 heteroatoms. The minimum absolute atomic E-state index is 0.0457. The van der Waals surface area contributed by atoms with Crippen LogP contribution in [0.2, 0.25) is 0 Å². The predicted octanol–water partition coefficient (Wildman–Crippen LogP) is 7.94. The molecule has 37 heavy (non-hydrogen) atoms. The molecule has 1 aromatic heterocycles. The van der Waals surface area contributed by atoms with Gasteiger partial charge in [0.1, 0.15) is 11.5 Å². The fourth-order valence-electron chi connectivity index (χ4n) is 4.75. The van der Waals surface area contributed by atoms with Crippen molar-refractivity contribution >= 4 is 38.8 Å². The van der Waals surface area contributed by atoms with Gasteiger partial charge in [0.25, 0.3) is 0 Å². The number of fused-ring (bicyclic) bond motifs is 3. The molecular weight excluding hydrogens is 528 g/mol. The minimum Gasteiger partial charge on any atom is -0.497 e. The third-order valence-electron chi connectivity index (χ3n) is 6.64. The molecule has 6 rings (SSSR count). The van der Waals surface area contributed by atoms with E-state index in [4.69, 9.17) is 9.47 Å². The molecule has 182 valence electrons. The van der Waals surface area contributed by atoms with Crippen LogP contribution in [0.3, 0.4) is 0 Å². The SMILES string of the molecule is COc1ccc(N(c2ccc(OC)cc2)c2ccc(-c3cc4n(c3)-c3ccc(Br)cc3C4=O)cc2)cc1. The highest BCUT2D eigenvalue weighted by atomic mass is 79.9. The van der Waals surface area contributed by atoms with Gasteiger partial charge in [-0.3, -0.25) is 4.79 Å². The van der Waals surface area contributed by atoms with E-state index in [9.17, 15) is 4.79 Å². The van der Waals surface area contributed by atoms with Crippen LogP contribution in [0, 0.1) is 0 Å². The first-order chi connectivity index (χ1) is 18.1. The molecule has 0 saturated heterocycles. The Morgan fingerprint density at radius 2 is 1.22 bits per heavy atom. The van der Waals surface area contributed by atoms with E-state index in [2.05, 4.69) is 45.1 Å². The number of anilines is 3. The summed E-state index contributed by atoms with van der Waals surface area (Å²) in [7, 11) is 3.33. The number of rotatable bonds is 6. The average molecular weight is 551 g/mol. The lowest BCUT2D eigenvalue weighted by molar-refractivity contribution is 0.104. The molecule has 0 amide bonds. The summed E-state index contributed by atoms with van der Waals surface area (Å²) in [6.07, 6.45) is 2.03. The Balaban J connectivity index is 1.36. The van der Waals surface area contributed by atoms with Gasteiger partial charge in [-0.2, -0.15) is 0 Å². The summed E-state index contributed by atoms with van der Waals surface area (Å²) in [5.41, 5.74) is 7.40. The van der Waals surface area contributed by atoms with E-state index in [1.165, 1.54) is 0 Å². The lowest BCUT2D eigenvalue weighted by Crippen LogP contribution is -2.09. The van der Waals surface area contributed by atoms with Gasteiger partial charge in [0, 0.05) is 38.9 Å². The second-order valence-corrected chi connectivity index (χ2v) is 9.67. The van der Waals surface area contributed by atoms with Crippen molar-refractivity contribution in [3.63, 3.8) is 0 Å². The van der Waals surface area contributed by atoms with Crippen LogP contribution >= 0.6 is 15.9 Å². The number of nitrogens with zero attached hydrogens (tertiary/aromatic N) is 2. The van der Waals surface area contributed by atoms with Crippen molar-refractivity contribution in [1.29, 1.82) is 0 Å². The van der Waals surface area contributed by atoms with Gasteiger partial charge in [-0.25, -0.2) is 0 Å². The number of aromatic nitrogens is 1. The summed E-state index contributed by atoms with van der Waals surface area (Å²) >= 11 is 3.47. The summed E-state index contributed by atoms with van der Waals surface area (Å²) in [5, 5.41) is 0. The molecule has 0 fully saturated rings. The van der Waals surface area contributed by atoms with Gasteiger partial charge in [-0.1, -0.05) is 28.1 Å². The molecule has 0 N–H and O–H groups in total. The molecule has 0 radical (unpaired) electrons. The van der Waals surface area contributed by atoms with E-state index in [-0.39, 0.29) is 5.78 Å². The van der Waals surface area contributed by atoms with E-state index < -0.39 is 0 Å². The lowest BCUT2D eigenvalue weighted by atomic mass is 10.1. The van der Waals surface area contributed by atoms with Gasteiger partial charge in [0.15, 0.2) is 0 Å². The second kappa shape index (κ2) is 9.30. The van der Waals surface area contributed by atoms with E-state index in [0.29, 0.717) is 5.69 Å². The van der Waals surface area contributed by atoms with Crippen molar-refractivity contribution in [3.8, 4) is 28.3 Å². The fourth-order valence-corrected chi connectivity index (χ4v) is 5.11. The van der Waals surface area contributed by atoms with E-state index in [0.717, 1.165) is 55.4 Å². The van der Waals surface area contributed by atoms with Crippen molar-refractivity contribution in [2.75, 3.05) is 19.1 Å². The van der Waals surface area contributed by atoms with Crippen LogP contribution in [0.25, 0.3) is 16.8 Å². The van der Waals surface area contributed by atoms with Crippen LogP contribution in [0.5, 0.6) is 11.5 Å². The van der Waals surface area contributed by atoms with Crippen LogP contribution in [0.15, 0.2) is 108 Å². The molecular formula is C31H23BrN2O3. The monoisotopic (exact) mass is 550 g/mol. The molecule has 4 aromatic carbocycles. The number of ketones is 1. The third kappa shape index (κ3) is 4.09. The molecule has 1 aliphatic heterocycles. The summed E-state index contributed by atoms with van der Waals surface area (Å²) < 4.78 is 13.6. The summed E-state index contributed by atoms with van der Waals surface area (Å²) in [6.45, 7) is 0. The van der Waals surface area contributed by atoms with Crippen LogP contribution in [-0.2, 0) is 0 Å². The zero-order valence-electron chi connectivity index (χ0n) is 20.3. The highest BCUT2D eigenvalue weighted by Crippen LogP contribution is 2.38. The van der Waals surface area contributed by atoms with Gasteiger partial charge < -0.3 is 18.9 Å². The smallest absolute Gasteiger partial charge is 0.211 e. The molecule has 0 unspecified atom stereocenters. The number of benzene rings is 4. The van der Waals surface area contributed by atoms with E-state index >= 15 is 0 Å². The molecule has 5 nitrogen and oxygen atoms in total. The van der Waals surface area contributed by atoms with Gasteiger partial charge in [0.2, 0.25) is 5.78 Å². The second-order valence-electron chi connectivity index (χ2n) is 8.75. The number of ether oxygens (including phenoxy) is 2. The minimum atomic E-state index is 0.0457. The largest absolute Gasteiger partial charge is 0.497 e. The van der Waals surface area contributed by atoms with Gasteiger partial charge in [-0.05, 0) is 90.5 Å². The summed E-state index contributed by atoms with van der Waals surface area (Å²) in [6, 6.07) is 32.1. The van der Waals surface area contributed by atoms with Crippen molar-refractivity contribution in [1.82, 2.24) is 4.57 Å². The van der Waals surface area contributed by atoms with Gasteiger partial charge in [-0.15, -0.1) is 0 Å². The fraction of sp³-hybridized carbons (Fsp3) is 0.0645. The van der Waals surface area contributed by atoms with Crippen molar-refractivity contribution < 1.29 is 14.3 Å². The Morgan fingerprint density at radius 3 is 1.76 bits per heavy atom. The first-order valence-corrected chi connectivity index (χ1v) is 12.6. The molecule has 0 atom stereocenters. The van der Waals surface area contributed by atoms with Crippen molar-refractivity contribution in [2.24, 2.45) is 0 Å². The van der Waals surface area contributed by atoms with E-state index in [1.54, 1.807) is 14.2 Å². The highest BCUT2D eigenvalue weighted by Gasteiger charge is 2.28. The van der Waals surface area contributed by atoms with Crippen LogP contribution in [-0.4, -0.2) is 24.6 Å². The normalized spacial score (nSPS) is 11.7. The number of halogens is 1. The summed E-state index contributed by atoms with van der Waals surface area (Å²) in [4.78, 5) is 15.1. The molecule has 2 heterocycles. The molecule has 5 aromatic rings. The maximum atomic E-state index is 13.0. The number of carbonyl (C=O) groups is 1. The topological polar surface area (TPSA) is 43.7 Å².